The van der Waals surface area contributed by atoms with E-state index in [9.17, 15) is 18.0 Å². The molecule has 0 saturated carbocycles. The van der Waals surface area contributed by atoms with Crippen LogP contribution in [0.25, 0.3) is 0 Å². The fourth-order valence-electron chi connectivity index (χ4n) is 7.95. The third-order valence-electron chi connectivity index (χ3n) is 11.4. The van der Waals surface area contributed by atoms with Crippen LogP contribution in [0.3, 0.4) is 0 Å². The number of benzene rings is 2. The van der Waals surface area contributed by atoms with Gasteiger partial charge in [-0.3, -0.25) is 14.5 Å². The molecular weight excluding hydrogens is 707 g/mol. The summed E-state index contributed by atoms with van der Waals surface area (Å²) in [6, 6.07) is 9.51. The molecule has 4 aliphatic rings. The highest BCUT2D eigenvalue weighted by atomic mass is 35.5. The summed E-state index contributed by atoms with van der Waals surface area (Å²) in [6.07, 6.45) is 7.23. The Bertz CT molecular complexity index is 1750. The SMILES string of the molecule is C[C@@H]1[C@@H](C)C/C=C(\F)[C@H](C(=O)N(C)CC2CCOCC2)N2CCC[C@H]2CN2CCCCc3cc(Cl)ccc3COc3ccc(cc32)C(=O)NS1(=O)=O. The van der Waals surface area contributed by atoms with Gasteiger partial charge in [0.15, 0.2) is 0 Å². The lowest BCUT2D eigenvalue weighted by molar-refractivity contribution is -0.136. The van der Waals surface area contributed by atoms with Crippen molar-refractivity contribution in [2.45, 2.75) is 89.2 Å². The van der Waals surface area contributed by atoms with Crippen molar-refractivity contribution in [2.75, 3.05) is 51.3 Å². The van der Waals surface area contributed by atoms with E-state index >= 15 is 4.39 Å². The zero-order valence-corrected chi connectivity index (χ0v) is 32.1. The summed E-state index contributed by atoms with van der Waals surface area (Å²) in [4.78, 5) is 33.7. The van der Waals surface area contributed by atoms with Crippen molar-refractivity contribution in [3.8, 4) is 5.75 Å². The first-order chi connectivity index (χ1) is 24.9. The fourth-order valence-corrected chi connectivity index (χ4v) is 9.43. The molecule has 0 aromatic heterocycles. The molecule has 13 heteroatoms. The number of aryl methyl sites for hydroxylation is 1. The first kappa shape index (κ1) is 38.5. The number of amides is 2. The van der Waals surface area contributed by atoms with Crippen molar-refractivity contribution in [1.82, 2.24) is 14.5 Å². The number of hydrogen-bond acceptors (Lipinski definition) is 8. The van der Waals surface area contributed by atoms with Crippen molar-refractivity contribution in [2.24, 2.45) is 11.8 Å². The number of carbonyl (C=O) groups is 2. The number of fused-ring (bicyclic) bond motifs is 3. The van der Waals surface area contributed by atoms with Crippen LogP contribution in [0.2, 0.25) is 5.02 Å². The minimum Gasteiger partial charge on any atom is -0.487 e. The molecule has 0 spiro atoms. The number of nitrogens with one attached hydrogen (secondary N) is 1. The Morgan fingerprint density at radius 1 is 1.04 bits per heavy atom. The van der Waals surface area contributed by atoms with E-state index in [-0.39, 0.29) is 36.5 Å². The standard InChI is InChI=1S/C39H52ClFN4O6S/c1-26-9-13-34(41)37(39(47)43(3)23-28-15-19-50-20-16-28)45-18-6-8-33(45)24-44-17-5-4-7-29-21-32(40)12-10-31(29)25-51-36-14-11-30(22-35(36)44)38(46)42-52(48,49)27(26)2/h10-14,21-22,26-28,33,37H,4-9,15-20,23-25H2,1-3H3,(H,42,46)/b34-13-/t26-,27+,33-,37+/m0/s1. The lowest BCUT2D eigenvalue weighted by Gasteiger charge is -2.38. The highest BCUT2D eigenvalue weighted by molar-refractivity contribution is 7.90. The molecule has 2 amide bonds. The maximum atomic E-state index is 16.7. The fraction of sp³-hybridized carbons (Fsp3) is 0.590. The number of carbonyl (C=O) groups excluding carboxylic acids is 2. The quantitative estimate of drug-likeness (QED) is 0.399. The average molecular weight is 759 g/mol. The van der Waals surface area contributed by atoms with E-state index in [0.29, 0.717) is 55.9 Å². The van der Waals surface area contributed by atoms with Crippen LogP contribution in [0.5, 0.6) is 5.75 Å². The molecule has 10 nitrogen and oxygen atoms in total. The number of halogens is 2. The van der Waals surface area contributed by atoms with Gasteiger partial charge in [0.05, 0.1) is 10.9 Å². The van der Waals surface area contributed by atoms with Crippen molar-refractivity contribution < 1.29 is 31.9 Å². The highest BCUT2D eigenvalue weighted by Gasteiger charge is 2.41. The van der Waals surface area contributed by atoms with Gasteiger partial charge in [-0.2, -0.15) is 0 Å². The summed E-state index contributed by atoms with van der Waals surface area (Å²) in [7, 11) is -2.38. The second kappa shape index (κ2) is 16.9. The van der Waals surface area contributed by atoms with Gasteiger partial charge in [-0.15, -0.1) is 0 Å². The zero-order chi connectivity index (χ0) is 37.0. The van der Waals surface area contributed by atoms with Crippen LogP contribution >= 0.6 is 11.6 Å². The number of nitrogens with zero attached hydrogens (tertiary/aromatic N) is 3. The summed E-state index contributed by atoms with van der Waals surface area (Å²) >= 11 is 6.36. The summed E-state index contributed by atoms with van der Waals surface area (Å²) in [5.74, 6) is -1.31. The van der Waals surface area contributed by atoms with Gasteiger partial charge in [0, 0.05) is 56.5 Å². The van der Waals surface area contributed by atoms with Crippen LogP contribution < -0.4 is 14.4 Å². The van der Waals surface area contributed by atoms with Gasteiger partial charge >= 0.3 is 0 Å². The van der Waals surface area contributed by atoms with E-state index in [0.717, 1.165) is 56.1 Å². The number of anilines is 1. The first-order valence-corrected chi connectivity index (χ1v) is 20.6. The molecule has 2 saturated heterocycles. The third-order valence-corrected chi connectivity index (χ3v) is 13.5. The Kier molecular flexibility index (Phi) is 12.5. The minimum absolute atomic E-state index is 0.0873. The Balaban J connectivity index is 1.40. The van der Waals surface area contributed by atoms with E-state index in [1.54, 1.807) is 37.1 Å². The molecule has 0 radical (unpaired) electrons. The monoisotopic (exact) mass is 758 g/mol. The van der Waals surface area contributed by atoms with Gasteiger partial charge in [0.25, 0.3) is 5.91 Å². The number of rotatable bonds is 3. The van der Waals surface area contributed by atoms with Gasteiger partial charge in [0.2, 0.25) is 15.9 Å². The number of sulfonamides is 1. The van der Waals surface area contributed by atoms with Crippen molar-refractivity contribution in [3.63, 3.8) is 0 Å². The van der Waals surface area contributed by atoms with Crippen LogP contribution in [0.15, 0.2) is 48.3 Å². The average Bonchev–Trinajstić information content (AvgIpc) is 3.57. The van der Waals surface area contributed by atoms with Crippen LogP contribution in [-0.2, 0) is 32.6 Å². The molecule has 4 heterocycles. The minimum atomic E-state index is -4.13. The van der Waals surface area contributed by atoms with E-state index in [4.69, 9.17) is 21.1 Å². The highest BCUT2D eigenvalue weighted by Crippen LogP contribution is 2.36. The van der Waals surface area contributed by atoms with E-state index in [2.05, 4.69) is 9.62 Å². The molecule has 52 heavy (non-hydrogen) atoms. The maximum absolute atomic E-state index is 16.7. The Hall–Kier alpha value is -3.19. The van der Waals surface area contributed by atoms with Crippen molar-refractivity contribution >= 4 is 39.1 Å². The molecule has 0 unspecified atom stereocenters. The number of likely N-dealkylation sites (N-methyl/N-ethyl adjacent to an activating group) is 1. The number of hydrogen-bond donors (Lipinski definition) is 1. The number of ether oxygens (including phenoxy) is 2. The van der Waals surface area contributed by atoms with Gasteiger partial charge in [-0.1, -0.05) is 30.7 Å². The van der Waals surface area contributed by atoms with E-state index in [1.165, 1.54) is 13.0 Å². The molecule has 284 valence electrons. The van der Waals surface area contributed by atoms with Crippen LogP contribution in [0.4, 0.5) is 10.1 Å². The smallest absolute Gasteiger partial charge is 0.264 e. The predicted octanol–water partition coefficient (Wildman–Crippen LogP) is 6.12. The van der Waals surface area contributed by atoms with E-state index < -0.39 is 39.0 Å². The zero-order valence-electron chi connectivity index (χ0n) is 30.5. The molecule has 0 aliphatic carbocycles. The van der Waals surface area contributed by atoms with Gasteiger partial charge in [-0.05, 0) is 118 Å². The second-order valence-corrected chi connectivity index (χ2v) is 17.5. The molecule has 2 bridgehead atoms. The molecule has 2 aromatic carbocycles. The lowest BCUT2D eigenvalue weighted by Crippen LogP contribution is -2.53. The van der Waals surface area contributed by atoms with Crippen LogP contribution in [0.1, 0.15) is 80.3 Å². The molecular formula is C39H52ClFN4O6S. The summed E-state index contributed by atoms with van der Waals surface area (Å²) in [5.41, 5.74) is 2.98. The lowest BCUT2D eigenvalue weighted by atomic mass is 9.99. The molecule has 2 aromatic rings. The van der Waals surface area contributed by atoms with Crippen LogP contribution in [-0.4, -0.2) is 93.8 Å². The number of allylic oxidation sites excluding steroid dienone is 1. The van der Waals surface area contributed by atoms with Gasteiger partial charge in [-0.25, -0.2) is 17.5 Å². The Morgan fingerprint density at radius 3 is 2.62 bits per heavy atom. The van der Waals surface area contributed by atoms with Gasteiger partial charge in [0.1, 0.15) is 24.2 Å². The van der Waals surface area contributed by atoms with Crippen LogP contribution in [0, 0.1) is 11.8 Å². The summed E-state index contributed by atoms with van der Waals surface area (Å²) in [5, 5.41) is -0.342. The topological polar surface area (TPSA) is 108 Å². The van der Waals surface area contributed by atoms with Gasteiger partial charge < -0.3 is 19.3 Å². The maximum Gasteiger partial charge on any atom is 0.264 e. The molecule has 6 rings (SSSR count). The summed E-state index contributed by atoms with van der Waals surface area (Å²) < 4.78 is 57.9. The molecule has 1 N–H and O–H groups in total. The van der Waals surface area contributed by atoms with E-state index in [1.807, 2.05) is 23.1 Å². The van der Waals surface area contributed by atoms with Crippen molar-refractivity contribution in [1.29, 1.82) is 0 Å². The molecule has 4 atom stereocenters. The van der Waals surface area contributed by atoms with Crippen molar-refractivity contribution in [3.05, 3.63) is 70.0 Å². The predicted molar refractivity (Wildman–Crippen MR) is 201 cm³/mol. The largest absolute Gasteiger partial charge is 0.487 e. The summed E-state index contributed by atoms with van der Waals surface area (Å²) in [6.45, 7) is 6.96. The molecule has 2 fully saturated rings. The third kappa shape index (κ3) is 8.94. The Morgan fingerprint density at radius 2 is 1.83 bits per heavy atom. The molecule has 4 aliphatic heterocycles. The Labute approximate surface area is 312 Å². The second-order valence-electron chi connectivity index (χ2n) is 15.0. The normalized spacial score (nSPS) is 27.5. The first-order valence-electron chi connectivity index (χ1n) is 18.7.